The molecule has 1 saturated carbocycles. The van der Waals surface area contributed by atoms with Crippen molar-refractivity contribution in [3.05, 3.63) is 22.4 Å². The lowest BCUT2D eigenvalue weighted by atomic mass is 10.1. The van der Waals surface area contributed by atoms with Crippen molar-refractivity contribution in [3.8, 4) is 0 Å². The highest BCUT2D eigenvalue weighted by molar-refractivity contribution is 7.09. The molecule has 2 rings (SSSR count). The van der Waals surface area contributed by atoms with Crippen LogP contribution in [0.1, 0.15) is 31.6 Å². The van der Waals surface area contributed by atoms with E-state index in [1.807, 2.05) is 11.3 Å². The summed E-state index contributed by atoms with van der Waals surface area (Å²) >= 11 is 1.87. The molecule has 1 fully saturated rings. The van der Waals surface area contributed by atoms with Gasteiger partial charge in [-0.25, -0.2) is 0 Å². The van der Waals surface area contributed by atoms with Gasteiger partial charge in [-0.15, -0.1) is 11.3 Å². The van der Waals surface area contributed by atoms with Crippen LogP contribution >= 0.6 is 11.3 Å². The van der Waals surface area contributed by atoms with Gasteiger partial charge in [0.1, 0.15) is 0 Å². The van der Waals surface area contributed by atoms with Gasteiger partial charge in [-0.2, -0.15) is 0 Å². The molecular formula is C12H19NS. The van der Waals surface area contributed by atoms with Gasteiger partial charge in [-0.05, 0) is 36.6 Å². The Bertz CT molecular complexity index is 268. The van der Waals surface area contributed by atoms with Crippen LogP contribution in [0.25, 0.3) is 0 Å². The second-order valence-corrected chi connectivity index (χ2v) is 5.41. The van der Waals surface area contributed by atoms with Gasteiger partial charge in [-0.3, -0.25) is 0 Å². The van der Waals surface area contributed by atoms with Crippen molar-refractivity contribution < 1.29 is 0 Å². The van der Waals surface area contributed by atoms with E-state index in [2.05, 4.69) is 36.7 Å². The second kappa shape index (κ2) is 4.45. The van der Waals surface area contributed by atoms with E-state index in [1.54, 1.807) is 0 Å². The lowest BCUT2D eigenvalue weighted by Gasteiger charge is -2.15. The molecule has 0 radical (unpaired) electrons. The summed E-state index contributed by atoms with van der Waals surface area (Å²) in [5.74, 6) is 0.910. The molecule has 0 aromatic carbocycles. The Morgan fingerprint density at radius 2 is 2.43 bits per heavy atom. The van der Waals surface area contributed by atoms with Crippen LogP contribution in [0.4, 0.5) is 0 Å². The van der Waals surface area contributed by atoms with Gasteiger partial charge in [0.15, 0.2) is 0 Å². The third-order valence-electron chi connectivity index (χ3n) is 3.08. The first kappa shape index (κ1) is 10.2. The molecular weight excluding hydrogens is 190 g/mol. The van der Waals surface area contributed by atoms with E-state index in [1.165, 1.54) is 24.1 Å². The molecule has 0 aliphatic heterocycles. The minimum atomic E-state index is 0.684. The van der Waals surface area contributed by atoms with Gasteiger partial charge in [0.05, 0.1) is 0 Å². The molecule has 1 aromatic rings. The lowest BCUT2D eigenvalue weighted by molar-refractivity contribution is 0.483. The molecule has 3 unspecified atom stereocenters. The quantitative estimate of drug-likeness (QED) is 0.786. The molecule has 1 aliphatic rings. The van der Waals surface area contributed by atoms with Crippen molar-refractivity contribution in [2.45, 2.75) is 45.2 Å². The molecule has 1 N–H and O–H groups in total. The Morgan fingerprint density at radius 1 is 1.64 bits per heavy atom. The average molecular weight is 209 g/mol. The highest BCUT2D eigenvalue weighted by atomic mass is 32.1. The van der Waals surface area contributed by atoms with E-state index in [-0.39, 0.29) is 0 Å². The van der Waals surface area contributed by atoms with Crippen LogP contribution in [0, 0.1) is 5.92 Å². The van der Waals surface area contributed by atoms with E-state index in [9.17, 15) is 0 Å². The third kappa shape index (κ3) is 2.58. The summed E-state index contributed by atoms with van der Waals surface area (Å²) in [6, 6.07) is 5.88. The summed E-state index contributed by atoms with van der Waals surface area (Å²) in [6.45, 7) is 4.61. The average Bonchev–Trinajstić information content (AvgIpc) is 2.69. The molecule has 2 heteroatoms. The van der Waals surface area contributed by atoms with Crippen LogP contribution < -0.4 is 5.32 Å². The molecule has 0 saturated heterocycles. The number of hydrogen-bond donors (Lipinski definition) is 1. The third-order valence-corrected chi connectivity index (χ3v) is 3.98. The normalized spacial score (nSPS) is 27.6. The van der Waals surface area contributed by atoms with Crippen molar-refractivity contribution in [1.29, 1.82) is 0 Å². The van der Waals surface area contributed by atoms with E-state index in [4.69, 9.17) is 0 Å². The van der Waals surface area contributed by atoms with E-state index in [0.29, 0.717) is 6.04 Å². The van der Waals surface area contributed by atoms with E-state index in [0.717, 1.165) is 12.0 Å². The molecule has 14 heavy (non-hydrogen) atoms. The van der Waals surface area contributed by atoms with Gasteiger partial charge < -0.3 is 5.32 Å². The Labute approximate surface area is 90.5 Å². The van der Waals surface area contributed by atoms with Crippen LogP contribution in [0.3, 0.4) is 0 Å². The maximum atomic E-state index is 3.74. The molecule has 1 aliphatic carbocycles. The van der Waals surface area contributed by atoms with Crippen LogP contribution in [-0.4, -0.2) is 12.1 Å². The standard InChI is InChI=1S/C12H19NS/c1-3-10(13-12-7-9(12)2)8-11-5-4-6-14-11/h4-6,9-10,12-13H,3,7-8H2,1-2H3. The van der Waals surface area contributed by atoms with Gasteiger partial charge in [0.2, 0.25) is 0 Å². The second-order valence-electron chi connectivity index (χ2n) is 4.37. The largest absolute Gasteiger partial charge is 0.311 e. The van der Waals surface area contributed by atoms with Gasteiger partial charge in [0.25, 0.3) is 0 Å². The SMILES string of the molecule is CCC(Cc1cccs1)NC1CC1C. The number of nitrogens with one attached hydrogen (secondary N) is 1. The summed E-state index contributed by atoms with van der Waals surface area (Å²) in [5.41, 5.74) is 0. The smallest absolute Gasteiger partial charge is 0.0115 e. The van der Waals surface area contributed by atoms with Crippen LogP contribution in [0.2, 0.25) is 0 Å². The summed E-state index contributed by atoms with van der Waals surface area (Å²) < 4.78 is 0. The Morgan fingerprint density at radius 3 is 2.93 bits per heavy atom. The van der Waals surface area contributed by atoms with Gasteiger partial charge in [0, 0.05) is 17.0 Å². The van der Waals surface area contributed by atoms with Crippen molar-refractivity contribution >= 4 is 11.3 Å². The summed E-state index contributed by atoms with van der Waals surface area (Å²) in [6.07, 6.45) is 3.82. The first-order valence-electron chi connectivity index (χ1n) is 5.58. The fraction of sp³-hybridized carbons (Fsp3) is 0.667. The number of thiophene rings is 1. The maximum Gasteiger partial charge on any atom is 0.0115 e. The predicted molar refractivity (Wildman–Crippen MR) is 62.8 cm³/mol. The molecule has 1 aromatic heterocycles. The Hall–Kier alpha value is -0.340. The summed E-state index contributed by atoms with van der Waals surface area (Å²) in [4.78, 5) is 1.51. The Kier molecular flexibility index (Phi) is 3.24. The van der Waals surface area contributed by atoms with Crippen molar-refractivity contribution in [2.24, 2.45) is 5.92 Å². The fourth-order valence-corrected chi connectivity index (χ4v) is 2.64. The molecule has 1 nitrogen and oxygen atoms in total. The zero-order valence-electron chi connectivity index (χ0n) is 8.99. The minimum Gasteiger partial charge on any atom is -0.311 e. The van der Waals surface area contributed by atoms with E-state index < -0.39 is 0 Å². The van der Waals surface area contributed by atoms with Crippen molar-refractivity contribution in [1.82, 2.24) is 5.32 Å². The molecule has 78 valence electrons. The molecule has 1 heterocycles. The van der Waals surface area contributed by atoms with Gasteiger partial charge >= 0.3 is 0 Å². The summed E-state index contributed by atoms with van der Waals surface area (Å²) in [5, 5.41) is 5.90. The molecule has 3 atom stereocenters. The monoisotopic (exact) mass is 209 g/mol. The van der Waals surface area contributed by atoms with Crippen molar-refractivity contribution in [2.75, 3.05) is 0 Å². The van der Waals surface area contributed by atoms with E-state index >= 15 is 0 Å². The molecule has 0 bridgehead atoms. The first-order chi connectivity index (χ1) is 6.79. The van der Waals surface area contributed by atoms with Crippen LogP contribution in [-0.2, 0) is 6.42 Å². The summed E-state index contributed by atoms with van der Waals surface area (Å²) in [7, 11) is 0. The highest BCUT2D eigenvalue weighted by Crippen LogP contribution is 2.30. The molecule has 0 amide bonds. The predicted octanol–water partition coefficient (Wildman–Crippen LogP) is 3.07. The van der Waals surface area contributed by atoms with Crippen molar-refractivity contribution in [3.63, 3.8) is 0 Å². The maximum absolute atomic E-state index is 3.74. The Balaban J connectivity index is 1.81. The number of hydrogen-bond acceptors (Lipinski definition) is 2. The van der Waals surface area contributed by atoms with Crippen LogP contribution in [0.15, 0.2) is 17.5 Å². The number of rotatable bonds is 5. The first-order valence-corrected chi connectivity index (χ1v) is 6.46. The highest BCUT2D eigenvalue weighted by Gasteiger charge is 2.33. The zero-order valence-corrected chi connectivity index (χ0v) is 9.81. The fourth-order valence-electron chi connectivity index (χ4n) is 1.85. The topological polar surface area (TPSA) is 12.0 Å². The minimum absolute atomic E-state index is 0.684. The zero-order chi connectivity index (χ0) is 9.97. The van der Waals surface area contributed by atoms with Gasteiger partial charge in [-0.1, -0.05) is 19.9 Å². The lowest BCUT2D eigenvalue weighted by Crippen LogP contribution is -2.32. The van der Waals surface area contributed by atoms with Crippen LogP contribution in [0.5, 0.6) is 0 Å². The molecule has 0 spiro atoms.